The Morgan fingerprint density at radius 1 is 1.19 bits per heavy atom. The maximum atomic E-state index is 16.0. The number of nitrogens with two attached hydrogens (primary N) is 1. The van der Waals surface area contributed by atoms with Crippen molar-refractivity contribution in [3.05, 3.63) is 81.4 Å². The van der Waals surface area contributed by atoms with Crippen molar-refractivity contribution >= 4 is 17.5 Å². The van der Waals surface area contributed by atoms with E-state index >= 15 is 8.78 Å². The number of hydrogen-bond donors (Lipinski definition) is 2. The van der Waals surface area contributed by atoms with E-state index in [9.17, 15) is 4.79 Å². The summed E-state index contributed by atoms with van der Waals surface area (Å²) in [5.41, 5.74) is 6.70. The van der Waals surface area contributed by atoms with Gasteiger partial charge in [-0.1, -0.05) is 48.9 Å². The second kappa shape index (κ2) is 8.46. The third-order valence-corrected chi connectivity index (χ3v) is 8.18. The summed E-state index contributed by atoms with van der Waals surface area (Å²) in [5, 5.41) is 3.26. The minimum atomic E-state index is -0.886. The van der Waals surface area contributed by atoms with Gasteiger partial charge in [0.2, 0.25) is 5.91 Å². The zero-order valence-corrected chi connectivity index (χ0v) is 20.4. The lowest BCUT2D eigenvalue weighted by Gasteiger charge is -2.39. The summed E-state index contributed by atoms with van der Waals surface area (Å²) in [6.45, 7) is 3.09. The van der Waals surface area contributed by atoms with Gasteiger partial charge in [-0.05, 0) is 31.0 Å². The summed E-state index contributed by atoms with van der Waals surface area (Å²) < 4.78 is 43.6. The first-order valence-electron chi connectivity index (χ1n) is 12.1. The first kappa shape index (κ1) is 23.3. The highest BCUT2D eigenvalue weighted by molar-refractivity contribution is 6.34. The number of rotatable bonds is 4. The molecule has 3 aliphatic rings. The van der Waals surface area contributed by atoms with Crippen LogP contribution >= 0.6 is 11.6 Å². The van der Waals surface area contributed by atoms with Gasteiger partial charge in [-0.15, -0.1) is 0 Å². The molecule has 0 spiro atoms. The summed E-state index contributed by atoms with van der Waals surface area (Å²) in [6.07, 6.45) is 2.27. The molecular weight excluding hydrogens is 486 g/mol. The number of carbonyl (C=O) groups excluding carboxylic acids is 1. The van der Waals surface area contributed by atoms with Crippen LogP contribution < -0.4 is 20.5 Å². The van der Waals surface area contributed by atoms with E-state index in [0.717, 1.165) is 24.9 Å². The highest BCUT2D eigenvalue weighted by Gasteiger charge is 2.55. The number of nitrogens with one attached hydrogen (secondary N) is 1. The monoisotopic (exact) mass is 510 g/mol. The predicted molar refractivity (Wildman–Crippen MR) is 133 cm³/mol. The van der Waals surface area contributed by atoms with Crippen molar-refractivity contribution in [1.82, 2.24) is 5.32 Å². The van der Waals surface area contributed by atoms with Crippen LogP contribution in [0.15, 0.2) is 42.5 Å². The Balaban J connectivity index is 1.65. The molecule has 186 valence electrons. The van der Waals surface area contributed by atoms with Gasteiger partial charge < -0.3 is 20.5 Å². The molecule has 3 aliphatic heterocycles. The Morgan fingerprint density at radius 3 is 2.67 bits per heavy atom. The normalized spacial score (nSPS) is 24.2. The first-order valence-corrected chi connectivity index (χ1v) is 12.5. The summed E-state index contributed by atoms with van der Waals surface area (Å²) in [6, 6.07) is 12.5. The van der Waals surface area contributed by atoms with Crippen molar-refractivity contribution in [2.45, 2.75) is 43.7 Å². The molecule has 1 fully saturated rings. The number of halogens is 3. The van der Waals surface area contributed by atoms with Crippen LogP contribution in [0.25, 0.3) is 11.1 Å². The van der Waals surface area contributed by atoms with Gasteiger partial charge in [-0.25, -0.2) is 8.78 Å². The number of hydrogen-bond acceptors (Lipinski definition) is 4. The largest absolute Gasteiger partial charge is 0.490 e. The molecular formula is C28H25ClF2N2O3. The highest BCUT2D eigenvalue weighted by Crippen LogP contribution is 2.58. The minimum Gasteiger partial charge on any atom is -0.490 e. The van der Waals surface area contributed by atoms with Crippen LogP contribution in [0.5, 0.6) is 11.5 Å². The second-order valence-corrected chi connectivity index (χ2v) is 10.0. The van der Waals surface area contributed by atoms with E-state index in [1.54, 1.807) is 0 Å². The van der Waals surface area contributed by atoms with Gasteiger partial charge in [-0.2, -0.15) is 0 Å². The fourth-order valence-corrected chi connectivity index (χ4v) is 6.47. The SMILES string of the molecule is C[C@H]1c2c(cc(F)c(Cl)c2-c2c(C(N)=O)cc3c(c2F)OCC3)O[C@@]1(c1ccccc1)[C@@H]1CCCN1. The van der Waals surface area contributed by atoms with Gasteiger partial charge in [0.1, 0.15) is 11.6 Å². The van der Waals surface area contributed by atoms with Crippen LogP contribution in [-0.4, -0.2) is 25.1 Å². The fraction of sp³-hybridized carbons (Fsp3) is 0.321. The van der Waals surface area contributed by atoms with Crippen LogP contribution in [-0.2, 0) is 12.0 Å². The van der Waals surface area contributed by atoms with Gasteiger partial charge in [0.15, 0.2) is 17.2 Å². The molecule has 0 bridgehead atoms. The van der Waals surface area contributed by atoms with Crippen molar-refractivity contribution in [3.8, 4) is 22.6 Å². The van der Waals surface area contributed by atoms with Crippen molar-refractivity contribution in [1.29, 1.82) is 0 Å². The average Bonchev–Trinajstić information content (AvgIpc) is 3.62. The molecule has 3 atom stereocenters. The zero-order chi connectivity index (χ0) is 25.2. The van der Waals surface area contributed by atoms with E-state index in [1.807, 2.05) is 37.3 Å². The molecule has 0 unspecified atom stereocenters. The number of carbonyl (C=O) groups is 1. The molecule has 3 heterocycles. The molecule has 0 radical (unpaired) electrons. The first-order chi connectivity index (χ1) is 17.3. The lowest BCUT2D eigenvalue weighted by molar-refractivity contribution is 0.0333. The second-order valence-electron chi connectivity index (χ2n) is 9.66. The minimum absolute atomic E-state index is 0.0439. The topological polar surface area (TPSA) is 73.6 Å². The van der Waals surface area contributed by atoms with Gasteiger partial charge >= 0.3 is 0 Å². The fourth-order valence-electron chi connectivity index (χ4n) is 6.22. The predicted octanol–water partition coefficient (Wildman–Crippen LogP) is 5.46. The lowest BCUT2D eigenvalue weighted by Crippen LogP contribution is -2.50. The van der Waals surface area contributed by atoms with Gasteiger partial charge in [0, 0.05) is 40.7 Å². The van der Waals surface area contributed by atoms with Crippen molar-refractivity contribution in [2.75, 3.05) is 13.2 Å². The van der Waals surface area contributed by atoms with Crippen molar-refractivity contribution in [3.63, 3.8) is 0 Å². The number of benzene rings is 3. The Bertz CT molecular complexity index is 1390. The van der Waals surface area contributed by atoms with E-state index in [1.165, 1.54) is 12.1 Å². The molecule has 3 aromatic rings. The molecule has 5 nitrogen and oxygen atoms in total. The number of primary amides is 1. The maximum Gasteiger partial charge on any atom is 0.249 e. The molecule has 1 saturated heterocycles. The average molecular weight is 511 g/mol. The third-order valence-electron chi connectivity index (χ3n) is 7.81. The van der Waals surface area contributed by atoms with Crippen LogP contribution in [0.1, 0.15) is 52.7 Å². The van der Waals surface area contributed by atoms with Crippen molar-refractivity contribution in [2.24, 2.45) is 5.73 Å². The standard InChI is InChI=1S/C28H25ClF2N2O3/c1-14-21-19(36-28(14,20-8-5-10-33-20)16-6-3-2-4-7-16)13-18(30)24(29)23(21)22-17(27(32)34)12-15-9-11-35-26(15)25(22)31/h2-4,6-7,12-14,20,33H,5,8-11H2,1H3,(H2,32,34)/t14-,20-,28-/m0/s1. The van der Waals surface area contributed by atoms with Crippen molar-refractivity contribution < 1.29 is 23.0 Å². The van der Waals surface area contributed by atoms with Crippen LogP contribution in [0.2, 0.25) is 5.02 Å². The Kier molecular flexibility index (Phi) is 5.46. The molecule has 0 aromatic heterocycles. The van der Waals surface area contributed by atoms with Crippen LogP contribution in [0.3, 0.4) is 0 Å². The van der Waals surface area contributed by atoms with Gasteiger partial charge in [-0.3, -0.25) is 4.79 Å². The summed E-state index contributed by atoms with van der Waals surface area (Å²) in [4.78, 5) is 12.5. The van der Waals surface area contributed by atoms with Crippen LogP contribution in [0.4, 0.5) is 8.78 Å². The molecule has 1 amide bonds. The highest BCUT2D eigenvalue weighted by atomic mass is 35.5. The van der Waals surface area contributed by atoms with Gasteiger partial charge in [0.05, 0.1) is 23.2 Å². The van der Waals surface area contributed by atoms with E-state index in [-0.39, 0.29) is 51.8 Å². The quantitative estimate of drug-likeness (QED) is 0.488. The molecule has 3 N–H and O–H groups in total. The smallest absolute Gasteiger partial charge is 0.249 e. The summed E-state index contributed by atoms with van der Waals surface area (Å²) >= 11 is 6.57. The Labute approximate surface area is 212 Å². The van der Waals surface area contributed by atoms with E-state index in [2.05, 4.69) is 5.32 Å². The lowest BCUT2D eigenvalue weighted by atomic mass is 9.73. The zero-order valence-electron chi connectivity index (χ0n) is 19.7. The molecule has 0 saturated carbocycles. The third kappa shape index (κ3) is 3.19. The Morgan fingerprint density at radius 2 is 1.97 bits per heavy atom. The van der Waals surface area contributed by atoms with Crippen LogP contribution in [0, 0.1) is 11.6 Å². The maximum absolute atomic E-state index is 16.0. The molecule has 36 heavy (non-hydrogen) atoms. The number of amides is 1. The molecule has 3 aromatic carbocycles. The van der Waals surface area contributed by atoms with Gasteiger partial charge in [0.25, 0.3) is 0 Å². The van der Waals surface area contributed by atoms with E-state index < -0.39 is 23.1 Å². The summed E-state index contributed by atoms with van der Waals surface area (Å²) in [7, 11) is 0. The molecule has 6 rings (SSSR count). The molecule has 8 heteroatoms. The number of fused-ring (bicyclic) bond motifs is 2. The molecule has 0 aliphatic carbocycles. The summed E-state index contributed by atoms with van der Waals surface area (Å²) in [5.74, 6) is -2.41. The van der Waals surface area contributed by atoms with E-state index in [4.69, 9.17) is 26.8 Å². The van der Waals surface area contributed by atoms with E-state index in [0.29, 0.717) is 17.5 Å². The number of ether oxygens (including phenoxy) is 2. The Hall–Kier alpha value is -3.16.